The number of nitrogens with one attached hydrogen (secondary N) is 1. The first-order chi connectivity index (χ1) is 9.08. The summed E-state index contributed by atoms with van der Waals surface area (Å²) in [5.41, 5.74) is 5.85. The van der Waals surface area contributed by atoms with Crippen molar-refractivity contribution in [1.82, 2.24) is 9.55 Å². The molecule has 0 aliphatic rings. The largest absolute Gasteiger partial charge is 0.366 e. The molecule has 1 aromatic heterocycles. The molecule has 0 aliphatic heterocycles. The Hall–Kier alpha value is -2.34. The minimum absolute atomic E-state index is 0.00588. The van der Waals surface area contributed by atoms with E-state index >= 15 is 0 Å². The highest BCUT2D eigenvalue weighted by Gasteiger charge is 2.11. The monoisotopic (exact) mass is 278 g/mol. The van der Waals surface area contributed by atoms with E-state index in [1.807, 2.05) is 0 Å². The zero-order valence-corrected chi connectivity index (χ0v) is 10.6. The molecule has 2 rings (SSSR count). The first-order valence-electron chi connectivity index (χ1n) is 5.43. The minimum Gasteiger partial charge on any atom is -0.366 e. The third-order valence-corrected chi connectivity index (χ3v) is 2.76. The van der Waals surface area contributed by atoms with Gasteiger partial charge in [-0.05, 0) is 23.7 Å². The van der Waals surface area contributed by atoms with Crippen molar-refractivity contribution in [2.75, 3.05) is 5.32 Å². The highest BCUT2D eigenvalue weighted by atomic mass is 35.5. The van der Waals surface area contributed by atoms with E-state index in [0.717, 1.165) is 0 Å². The molecule has 0 bridgehead atoms. The van der Waals surface area contributed by atoms with Crippen molar-refractivity contribution < 1.29 is 9.59 Å². The number of aromatic nitrogens is 2. The Kier molecular flexibility index (Phi) is 3.82. The lowest BCUT2D eigenvalue weighted by atomic mass is 10.1. The molecule has 0 fully saturated rings. The number of primary amides is 1. The normalized spacial score (nSPS) is 10.2. The highest BCUT2D eigenvalue weighted by molar-refractivity contribution is 6.28. The fourth-order valence-corrected chi connectivity index (χ4v) is 1.75. The number of hydrogen-bond acceptors (Lipinski definition) is 3. The van der Waals surface area contributed by atoms with Gasteiger partial charge in [-0.25, -0.2) is 4.98 Å². The highest BCUT2D eigenvalue weighted by Crippen LogP contribution is 2.14. The molecular formula is C12H11ClN4O2. The predicted octanol–water partition coefficient (Wildman–Crippen LogP) is 1.27. The molecule has 0 aliphatic carbocycles. The molecule has 6 nitrogen and oxygen atoms in total. The summed E-state index contributed by atoms with van der Waals surface area (Å²) in [6.07, 6.45) is 3.08. The maximum Gasteiger partial charge on any atom is 0.250 e. The maximum absolute atomic E-state index is 11.8. The van der Waals surface area contributed by atoms with E-state index in [9.17, 15) is 9.59 Å². The average Bonchev–Trinajstić information content (AvgIpc) is 2.75. The van der Waals surface area contributed by atoms with Gasteiger partial charge in [0.25, 0.3) is 5.91 Å². The summed E-state index contributed by atoms with van der Waals surface area (Å²) in [4.78, 5) is 26.8. The molecule has 0 unspecified atom stereocenters. The van der Waals surface area contributed by atoms with Crippen molar-refractivity contribution in [3.8, 4) is 0 Å². The number of carbonyl (C=O) groups excluding carboxylic acids is 2. The third kappa shape index (κ3) is 3.11. The van der Waals surface area contributed by atoms with Crippen LogP contribution in [-0.2, 0) is 11.3 Å². The van der Waals surface area contributed by atoms with Crippen LogP contribution < -0.4 is 11.1 Å². The van der Waals surface area contributed by atoms with Crippen LogP contribution in [0.15, 0.2) is 36.7 Å². The smallest absolute Gasteiger partial charge is 0.250 e. The summed E-state index contributed by atoms with van der Waals surface area (Å²) in [6.45, 7) is 0.00588. The lowest BCUT2D eigenvalue weighted by Gasteiger charge is -2.09. The van der Waals surface area contributed by atoms with E-state index in [-0.39, 0.29) is 23.3 Å². The van der Waals surface area contributed by atoms with Crippen LogP contribution in [-0.4, -0.2) is 21.4 Å². The topological polar surface area (TPSA) is 90.0 Å². The Labute approximate surface area is 114 Å². The summed E-state index contributed by atoms with van der Waals surface area (Å²) < 4.78 is 1.48. The molecular weight excluding hydrogens is 268 g/mol. The van der Waals surface area contributed by atoms with Gasteiger partial charge in [0, 0.05) is 12.4 Å². The van der Waals surface area contributed by atoms with Crippen LogP contribution >= 0.6 is 11.6 Å². The van der Waals surface area contributed by atoms with Gasteiger partial charge in [0.15, 0.2) is 0 Å². The van der Waals surface area contributed by atoms with E-state index in [0.29, 0.717) is 5.69 Å². The number of carbonyl (C=O) groups is 2. The Morgan fingerprint density at radius 2 is 2.11 bits per heavy atom. The van der Waals surface area contributed by atoms with Gasteiger partial charge >= 0.3 is 0 Å². The van der Waals surface area contributed by atoms with E-state index in [1.54, 1.807) is 30.5 Å². The number of para-hydroxylation sites is 1. The van der Waals surface area contributed by atoms with Crippen LogP contribution in [0.2, 0.25) is 5.28 Å². The second-order valence-electron chi connectivity index (χ2n) is 3.78. The first kappa shape index (κ1) is 13.1. The molecule has 2 aromatic rings. The van der Waals surface area contributed by atoms with E-state index in [4.69, 9.17) is 17.3 Å². The van der Waals surface area contributed by atoms with Crippen LogP contribution in [0.25, 0.3) is 0 Å². The van der Waals surface area contributed by atoms with Crippen LogP contribution in [0.5, 0.6) is 0 Å². The summed E-state index contributed by atoms with van der Waals surface area (Å²) in [5.74, 6) is -0.926. The lowest BCUT2D eigenvalue weighted by molar-refractivity contribution is -0.116. The Bertz CT molecular complexity index is 624. The zero-order chi connectivity index (χ0) is 13.8. The van der Waals surface area contributed by atoms with Crippen molar-refractivity contribution in [2.45, 2.75) is 6.54 Å². The lowest BCUT2D eigenvalue weighted by Crippen LogP contribution is -2.21. The zero-order valence-electron chi connectivity index (χ0n) is 9.84. The third-order valence-electron chi connectivity index (χ3n) is 2.45. The second-order valence-corrected chi connectivity index (χ2v) is 4.12. The molecule has 19 heavy (non-hydrogen) atoms. The van der Waals surface area contributed by atoms with Gasteiger partial charge in [-0.2, -0.15) is 0 Å². The molecule has 0 radical (unpaired) electrons. The quantitative estimate of drug-likeness (QED) is 0.882. The van der Waals surface area contributed by atoms with Crippen LogP contribution in [0.4, 0.5) is 5.69 Å². The van der Waals surface area contributed by atoms with Crippen molar-refractivity contribution in [1.29, 1.82) is 0 Å². The SMILES string of the molecule is NC(=O)c1ccccc1NC(=O)Cn1ccnc1Cl. The number of amides is 2. The van der Waals surface area contributed by atoms with Crippen molar-refractivity contribution in [3.05, 3.63) is 47.5 Å². The summed E-state index contributed by atoms with van der Waals surface area (Å²) in [6, 6.07) is 6.52. The van der Waals surface area contributed by atoms with Gasteiger partial charge in [0.1, 0.15) is 6.54 Å². The van der Waals surface area contributed by atoms with Gasteiger partial charge in [-0.15, -0.1) is 0 Å². The molecule has 0 saturated heterocycles. The molecule has 3 N–H and O–H groups in total. The average molecular weight is 279 g/mol. The number of anilines is 1. The van der Waals surface area contributed by atoms with Gasteiger partial charge in [0.05, 0.1) is 11.3 Å². The summed E-state index contributed by atoms with van der Waals surface area (Å²) in [5, 5.41) is 2.83. The maximum atomic E-state index is 11.8. The Morgan fingerprint density at radius 3 is 2.74 bits per heavy atom. The molecule has 1 heterocycles. The number of imidazole rings is 1. The Balaban J connectivity index is 2.11. The first-order valence-corrected chi connectivity index (χ1v) is 5.81. The number of benzene rings is 1. The van der Waals surface area contributed by atoms with Crippen molar-refractivity contribution in [2.24, 2.45) is 5.73 Å². The molecule has 1 aromatic carbocycles. The van der Waals surface area contributed by atoms with E-state index in [2.05, 4.69) is 10.3 Å². The van der Waals surface area contributed by atoms with Crippen molar-refractivity contribution in [3.63, 3.8) is 0 Å². The van der Waals surface area contributed by atoms with Crippen LogP contribution in [0.3, 0.4) is 0 Å². The van der Waals surface area contributed by atoms with Gasteiger partial charge < -0.3 is 15.6 Å². The molecule has 98 valence electrons. The van der Waals surface area contributed by atoms with Crippen molar-refractivity contribution >= 4 is 29.1 Å². The molecule has 0 saturated carbocycles. The summed E-state index contributed by atoms with van der Waals surface area (Å²) >= 11 is 5.77. The van der Waals surface area contributed by atoms with E-state index < -0.39 is 5.91 Å². The number of hydrogen-bond donors (Lipinski definition) is 2. The molecule has 2 amide bonds. The predicted molar refractivity (Wildman–Crippen MR) is 70.8 cm³/mol. The Morgan fingerprint density at radius 1 is 1.37 bits per heavy atom. The second kappa shape index (κ2) is 5.53. The van der Waals surface area contributed by atoms with Gasteiger partial charge in [0.2, 0.25) is 11.2 Å². The fraction of sp³-hybridized carbons (Fsp3) is 0.0833. The van der Waals surface area contributed by atoms with Crippen LogP contribution in [0, 0.1) is 0 Å². The van der Waals surface area contributed by atoms with E-state index in [1.165, 1.54) is 10.8 Å². The molecule has 0 atom stereocenters. The number of halogens is 1. The number of nitrogens with two attached hydrogens (primary N) is 1. The molecule has 0 spiro atoms. The van der Waals surface area contributed by atoms with Gasteiger partial charge in [-0.3, -0.25) is 9.59 Å². The minimum atomic E-state index is -0.600. The van der Waals surface area contributed by atoms with Crippen LogP contribution in [0.1, 0.15) is 10.4 Å². The van der Waals surface area contributed by atoms with Gasteiger partial charge in [-0.1, -0.05) is 12.1 Å². The number of rotatable bonds is 4. The molecule has 7 heteroatoms. The standard InChI is InChI=1S/C12H11ClN4O2/c13-12-15-5-6-17(12)7-10(18)16-9-4-2-1-3-8(9)11(14)19/h1-6H,7H2,(H2,14,19)(H,16,18). The summed E-state index contributed by atoms with van der Waals surface area (Å²) in [7, 11) is 0. The fourth-order valence-electron chi connectivity index (χ4n) is 1.58. The number of nitrogens with zero attached hydrogens (tertiary/aromatic N) is 2.